The summed E-state index contributed by atoms with van der Waals surface area (Å²) in [5, 5.41) is 2.78. The monoisotopic (exact) mass is 390 g/mol. The lowest BCUT2D eigenvalue weighted by Crippen LogP contribution is -2.30. The topological polar surface area (TPSA) is 75.7 Å². The Bertz CT molecular complexity index is 821. The second-order valence-electron chi connectivity index (χ2n) is 5.97. The minimum absolute atomic E-state index is 0.0666. The molecule has 27 heavy (non-hydrogen) atoms. The predicted molar refractivity (Wildman–Crippen MR) is 107 cm³/mol. The molecule has 0 unspecified atom stereocenters. The zero-order chi connectivity index (χ0) is 19.7. The molecular weight excluding hydrogens is 364 g/mol. The van der Waals surface area contributed by atoms with Crippen LogP contribution in [0.2, 0.25) is 0 Å². The van der Waals surface area contributed by atoms with Crippen molar-refractivity contribution < 1.29 is 17.9 Å². The molecule has 0 saturated heterocycles. The van der Waals surface area contributed by atoms with Crippen LogP contribution in [0.15, 0.2) is 59.5 Å². The van der Waals surface area contributed by atoms with Crippen LogP contribution >= 0.6 is 0 Å². The van der Waals surface area contributed by atoms with Gasteiger partial charge in [0.25, 0.3) is 15.9 Å². The molecule has 0 fully saturated rings. The van der Waals surface area contributed by atoms with Gasteiger partial charge in [-0.25, -0.2) is 8.42 Å². The smallest absolute Gasteiger partial charge is 0.264 e. The third kappa shape index (κ3) is 5.72. The average molecular weight is 391 g/mol. The summed E-state index contributed by atoms with van der Waals surface area (Å²) < 4.78 is 32.5. The summed E-state index contributed by atoms with van der Waals surface area (Å²) in [5.74, 6) is 0.340. The van der Waals surface area contributed by atoms with Crippen molar-refractivity contribution in [1.29, 1.82) is 0 Å². The van der Waals surface area contributed by atoms with E-state index in [0.29, 0.717) is 24.5 Å². The normalized spacial score (nSPS) is 11.0. The minimum Gasteiger partial charge on any atom is -0.484 e. The van der Waals surface area contributed by atoms with Crippen LogP contribution in [0.25, 0.3) is 0 Å². The van der Waals surface area contributed by atoms with Gasteiger partial charge in [-0.1, -0.05) is 31.5 Å². The summed E-state index contributed by atoms with van der Waals surface area (Å²) in [5.41, 5.74) is 0.543. The lowest BCUT2D eigenvalue weighted by atomic mass is 10.3. The van der Waals surface area contributed by atoms with Crippen molar-refractivity contribution in [2.24, 2.45) is 0 Å². The zero-order valence-corrected chi connectivity index (χ0v) is 16.5. The van der Waals surface area contributed by atoms with E-state index in [0.717, 1.165) is 12.8 Å². The highest BCUT2D eigenvalue weighted by Gasteiger charge is 2.23. The maximum absolute atomic E-state index is 12.8. The number of benzene rings is 2. The summed E-state index contributed by atoms with van der Waals surface area (Å²) in [6, 6.07) is 15.0. The molecule has 0 bridgehead atoms. The van der Waals surface area contributed by atoms with Crippen LogP contribution < -0.4 is 14.4 Å². The van der Waals surface area contributed by atoms with Crippen molar-refractivity contribution in [2.75, 3.05) is 24.0 Å². The van der Waals surface area contributed by atoms with E-state index in [2.05, 4.69) is 12.2 Å². The molecule has 0 aliphatic rings. The summed E-state index contributed by atoms with van der Waals surface area (Å²) in [6.07, 6.45) is 1.95. The van der Waals surface area contributed by atoms with Crippen LogP contribution in [-0.4, -0.2) is 34.0 Å². The highest BCUT2D eigenvalue weighted by Crippen LogP contribution is 2.25. The molecule has 0 aliphatic heterocycles. The van der Waals surface area contributed by atoms with Crippen molar-refractivity contribution in [3.63, 3.8) is 0 Å². The van der Waals surface area contributed by atoms with Gasteiger partial charge in [0.15, 0.2) is 6.61 Å². The fraction of sp³-hybridized carbons (Fsp3) is 0.350. The Labute approximate surface area is 161 Å². The molecular formula is C20H26N2O4S. The van der Waals surface area contributed by atoms with E-state index >= 15 is 0 Å². The zero-order valence-electron chi connectivity index (χ0n) is 15.7. The number of unbranched alkanes of at least 4 members (excludes halogenated alkanes) is 1. The average Bonchev–Trinajstić information content (AvgIpc) is 2.68. The van der Waals surface area contributed by atoms with Crippen LogP contribution in [0.3, 0.4) is 0 Å². The van der Waals surface area contributed by atoms with Gasteiger partial charge in [0.05, 0.1) is 10.6 Å². The van der Waals surface area contributed by atoms with Crippen LogP contribution in [0.1, 0.15) is 26.7 Å². The summed E-state index contributed by atoms with van der Waals surface area (Å²) in [4.78, 5) is 11.9. The molecule has 2 rings (SSSR count). The largest absolute Gasteiger partial charge is 0.484 e. The summed E-state index contributed by atoms with van der Waals surface area (Å²) >= 11 is 0. The lowest BCUT2D eigenvalue weighted by Gasteiger charge is -2.23. The van der Waals surface area contributed by atoms with Gasteiger partial charge >= 0.3 is 0 Å². The number of ether oxygens (including phenoxy) is 1. The van der Waals surface area contributed by atoms with E-state index in [-0.39, 0.29) is 17.4 Å². The number of amides is 1. The van der Waals surface area contributed by atoms with E-state index in [1.54, 1.807) is 61.5 Å². The second-order valence-corrected chi connectivity index (χ2v) is 7.83. The number of nitrogens with one attached hydrogen (secondary N) is 1. The third-order valence-corrected chi connectivity index (χ3v) is 5.88. The van der Waals surface area contributed by atoms with E-state index in [9.17, 15) is 13.2 Å². The van der Waals surface area contributed by atoms with E-state index in [1.807, 2.05) is 0 Å². The van der Waals surface area contributed by atoms with Gasteiger partial charge in [-0.3, -0.25) is 9.10 Å². The molecule has 1 N–H and O–H groups in total. The molecule has 2 aromatic rings. The first kappa shape index (κ1) is 20.8. The lowest BCUT2D eigenvalue weighted by molar-refractivity contribution is -0.123. The van der Waals surface area contributed by atoms with Gasteiger partial charge in [-0.05, 0) is 49.7 Å². The van der Waals surface area contributed by atoms with Crippen molar-refractivity contribution in [2.45, 2.75) is 31.6 Å². The molecule has 0 aliphatic carbocycles. The Balaban J connectivity index is 2.03. The first-order valence-electron chi connectivity index (χ1n) is 9.06. The molecule has 0 atom stereocenters. The maximum Gasteiger partial charge on any atom is 0.264 e. The molecule has 2 aromatic carbocycles. The minimum atomic E-state index is -3.63. The van der Waals surface area contributed by atoms with Crippen LogP contribution in [0, 0.1) is 0 Å². The highest BCUT2D eigenvalue weighted by molar-refractivity contribution is 7.92. The van der Waals surface area contributed by atoms with Gasteiger partial charge in [-0.2, -0.15) is 0 Å². The summed E-state index contributed by atoms with van der Waals surface area (Å²) in [6.45, 7) is 4.72. The number of carbonyl (C=O) groups excluding carboxylic acids is 1. The number of rotatable bonds is 10. The Morgan fingerprint density at radius 2 is 1.70 bits per heavy atom. The van der Waals surface area contributed by atoms with E-state index in [4.69, 9.17) is 4.74 Å². The van der Waals surface area contributed by atoms with Crippen molar-refractivity contribution >= 4 is 21.6 Å². The van der Waals surface area contributed by atoms with E-state index < -0.39 is 10.0 Å². The second kappa shape index (κ2) is 9.97. The first-order valence-corrected chi connectivity index (χ1v) is 10.5. The van der Waals surface area contributed by atoms with Crippen molar-refractivity contribution in [3.8, 4) is 5.75 Å². The highest BCUT2D eigenvalue weighted by atomic mass is 32.2. The van der Waals surface area contributed by atoms with Gasteiger partial charge < -0.3 is 10.1 Å². The van der Waals surface area contributed by atoms with Gasteiger partial charge in [0.1, 0.15) is 5.75 Å². The quantitative estimate of drug-likeness (QED) is 0.632. The molecule has 0 heterocycles. The van der Waals surface area contributed by atoms with Gasteiger partial charge in [-0.15, -0.1) is 0 Å². The third-order valence-electron chi connectivity index (χ3n) is 3.97. The SMILES string of the molecule is CCCCNC(=O)COc1ccc(N(CC)S(=O)(=O)c2ccccc2)cc1. The molecule has 0 saturated carbocycles. The number of hydrogen-bond donors (Lipinski definition) is 1. The Morgan fingerprint density at radius 1 is 1.04 bits per heavy atom. The molecule has 0 spiro atoms. The Kier molecular flexibility index (Phi) is 7.67. The molecule has 146 valence electrons. The standard InChI is InChI=1S/C20H26N2O4S/c1-3-5-15-21-20(23)16-26-18-13-11-17(12-14-18)22(4-2)27(24,25)19-9-7-6-8-10-19/h6-14H,3-5,15-16H2,1-2H3,(H,21,23). The van der Waals surface area contributed by atoms with Crippen LogP contribution in [0.4, 0.5) is 5.69 Å². The maximum atomic E-state index is 12.8. The van der Waals surface area contributed by atoms with Crippen LogP contribution in [0.5, 0.6) is 5.75 Å². The van der Waals surface area contributed by atoms with E-state index in [1.165, 1.54) is 4.31 Å². The Morgan fingerprint density at radius 3 is 2.30 bits per heavy atom. The van der Waals surface area contributed by atoms with Crippen molar-refractivity contribution in [3.05, 3.63) is 54.6 Å². The van der Waals surface area contributed by atoms with Gasteiger partial charge in [0, 0.05) is 13.1 Å². The fourth-order valence-corrected chi connectivity index (χ4v) is 4.02. The predicted octanol–water partition coefficient (Wildman–Crippen LogP) is 3.20. The Hall–Kier alpha value is -2.54. The number of hydrogen-bond acceptors (Lipinski definition) is 4. The first-order chi connectivity index (χ1) is 13.0. The molecule has 0 radical (unpaired) electrons. The molecule has 6 nitrogen and oxygen atoms in total. The summed E-state index contributed by atoms with van der Waals surface area (Å²) in [7, 11) is -3.63. The van der Waals surface area contributed by atoms with Crippen molar-refractivity contribution in [1.82, 2.24) is 5.32 Å². The van der Waals surface area contributed by atoms with Gasteiger partial charge in [0.2, 0.25) is 0 Å². The molecule has 0 aromatic heterocycles. The number of carbonyl (C=O) groups is 1. The molecule has 7 heteroatoms. The number of sulfonamides is 1. The number of anilines is 1. The number of nitrogens with zero attached hydrogens (tertiary/aromatic N) is 1. The fourth-order valence-electron chi connectivity index (χ4n) is 2.52. The molecule has 1 amide bonds. The van der Waals surface area contributed by atoms with Crippen LogP contribution in [-0.2, 0) is 14.8 Å².